The molecule has 0 spiro atoms. The molecule has 1 aromatic carbocycles. The average molecular weight is 393 g/mol. The van der Waals surface area contributed by atoms with Crippen molar-refractivity contribution in [2.24, 2.45) is 11.8 Å². The molecule has 1 amide bonds. The maximum atomic E-state index is 12.0. The summed E-state index contributed by atoms with van der Waals surface area (Å²) < 4.78 is 10.9. The zero-order valence-electron chi connectivity index (χ0n) is 16.0. The minimum absolute atomic E-state index is 0.0284. The Morgan fingerprint density at radius 2 is 1.93 bits per heavy atom. The molecule has 148 valence electrons. The van der Waals surface area contributed by atoms with Crippen LogP contribution in [-0.4, -0.2) is 61.8 Å². The fourth-order valence-corrected chi connectivity index (χ4v) is 4.43. The van der Waals surface area contributed by atoms with Crippen molar-refractivity contribution in [2.45, 2.75) is 38.2 Å². The van der Waals surface area contributed by atoms with Gasteiger partial charge in [0.05, 0.1) is 13.7 Å². The molecular weight excluding hydrogens is 364 g/mol. The molecule has 0 radical (unpaired) electrons. The molecule has 2 heterocycles. The number of rotatable bonds is 7. The van der Waals surface area contributed by atoms with E-state index in [1.165, 1.54) is 18.4 Å². The highest BCUT2D eigenvalue weighted by atomic mass is 35.5. The highest BCUT2D eigenvalue weighted by Crippen LogP contribution is 2.32. The zero-order chi connectivity index (χ0) is 18.8. The molecule has 1 saturated carbocycles. The van der Waals surface area contributed by atoms with Crippen molar-refractivity contribution in [3.63, 3.8) is 0 Å². The van der Waals surface area contributed by atoms with Crippen molar-refractivity contribution in [3.05, 3.63) is 28.8 Å². The van der Waals surface area contributed by atoms with E-state index in [4.69, 9.17) is 21.1 Å². The van der Waals surface area contributed by atoms with Gasteiger partial charge in [0.1, 0.15) is 11.9 Å². The van der Waals surface area contributed by atoms with Gasteiger partial charge in [-0.25, -0.2) is 4.79 Å². The van der Waals surface area contributed by atoms with Crippen molar-refractivity contribution < 1.29 is 14.3 Å². The van der Waals surface area contributed by atoms with Gasteiger partial charge >= 0.3 is 6.09 Å². The standard InChI is InChI=1S/C21H29ClN2O3/c1-26-18-4-5-20(22)17(11-18)10-15-6-8-23(9-7-15)13-19-14-24(21(25)27-19)12-16-2-3-16/h4-5,11,15-16,19H,2-3,6-10,12-14H2,1H3. The summed E-state index contributed by atoms with van der Waals surface area (Å²) in [6, 6.07) is 5.89. The van der Waals surface area contributed by atoms with Crippen molar-refractivity contribution in [2.75, 3.05) is 39.8 Å². The number of methoxy groups -OCH3 is 1. The van der Waals surface area contributed by atoms with Gasteiger partial charge in [-0.15, -0.1) is 0 Å². The van der Waals surface area contributed by atoms with Crippen LogP contribution in [0, 0.1) is 11.8 Å². The number of piperidine rings is 1. The lowest BCUT2D eigenvalue weighted by molar-refractivity contribution is 0.0904. The van der Waals surface area contributed by atoms with E-state index in [2.05, 4.69) is 11.0 Å². The predicted octanol–water partition coefficient (Wildman–Crippen LogP) is 3.83. The number of benzene rings is 1. The van der Waals surface area contributed by atoms with Crippen LogP contribution in [0.3, 0.4) is 0 Å². The van der Waals surface area contributed by atoms with Crippen molar-refractivity contribution >= 4 is 17.7 Å². The summed E-state index contributed by atoms with van der Waals surface area (Å²) in [6.45, 7) is 4.62. The summed E-state index contributed by atoms with van der Waals surface area (Å²) in [7, 11) is 1.69. The highest BCUT2D eigenvalue weighted by Gasteiger charge is 2.36. The van der Waals surface area contributed by atoms with Crippen LogP contribution < -0.4 is 4.74 Å². The Kier molecular flexibility index (Phi) is 5.79. The number of nitrogens with zero attached hydrogens (tertiary/aromatic N) is 2. The number of hydrogen-bond donors (Lipinski definition) is 0. The molecule has 27 heavy (non-hydrogen) atoms. The van der Waals surface area contributed by atoms with Crippen LogP contribution in [0.25, 0.3) is 0 Å². The van der Waals surface area contributed by atoms with Gasteiger partial charge in [-0.05, 0) is 80.8 Å². The topological polar surface area (TPSA) is 42.0 Å². The first-order valence-electron chi connectivity index (χ1n) is 10.1. The fourth-order valence-electron chi connectivity index (χ4n) is 4.24. The SMILES string of the molecule is COc1ccc(Cl)c(CC2CCN(CC3CN(CC4CC4)C(=O)O3)CC2)c1. The monoisotopic (exact) mass is 392 g/mol. The van der Waals surface area contributed by atoms with Crippen LogP contribution in [0.2, 0.25) is 5.02 Å². The molecule has 1 aromatic rings. The Bertz CT molecular complexity index is 671. The van der Waals surface area contributed by atoms with Crippen LogP contribution in [0.4, 0.5) is 4.79 Å². The quantitative estimate of drug-likeness (QED) is 0.707. The number of likely N-dealkylation sites (tertiary alicyclic amines) is 1. The van der Waals surface area contributed by atoms with E-state index in [9.17, 15) is 4.79 Å². The third-order valence-corrected chi connectivity index (χ3v) is 6.42. The Morgan fingerprint density at radius 3 is 2.63 bits per heavy atom. The molecule has 3 fully saturated rings. The van der Waals surface area contributed by atoms with E-state index < -0.39 is 0 Å². The number of hydrogen-bond acceptors (Lipinski definition) is 4. The number of cyclic esters (lactones) is 1. The summed E-state index contributed by atoms with van der Waals surface area (Å²) in [5.74, 6) is 2.23. The van der Waals surface area contributed by atoms with Gasteiger partial charge in [0, 0.05) is 18.1 Å². The Morgan fingerprint density at radius 1 is 1.15 bits per heavy atom. The Hall–Kier alpha value is -1.46. The van der Waals surface area contributed by atoms with E-state index in [1.807, 2.05) is 17.0 Å². The molecule has 5 nitrogen and oxygen atoms in total. The minimum atomic E-state index is -0.116. The minimum Gasteiger partial charge on any atom is -0.497 e. The van der Waals surface area contributed by atoms with E-state index in [-0.39, 0.29) is 12.2 Å². The maximum Gasteiger partial charge on any atom is 0.410 e. The molecule has 0 aromatic heterocycles. The summed E-state index contributed by atoms with van der Waals surface area (Å²) in [6.07, 6.45) is 5.74. The molecule has 1 atom stereocenters. The number of amides is 1. The molecular formula is C21H29ClN2O3. The van der Waals surface area contributed by atoms with Crippen LogP contribution in [0.1, 0.15) is 31.2 Å². The maximum absolute atomic E-state index is 12.0. The van der Waals surface area contributed by atoms with E-state index in [0.29, 0.717) is 5.92 Å². The Balaban J connectivity index is 1.23. The summed E-state index contributed by atoms with van der Waals surface area (Å²) in [5.41, 5.74) is 1.18. The second-order valence-electron chi connectivity index (χ2n) is 8.26. The number of carbonyl (C=O) groups is 1. The van der Waals surface area contributed by atoms with E-state index in [1.54, 1.807) is 7.11 Å². The van der Waals surface area contributed by atoms with Crippen LogP contribution in [-0.2, 0) is 11.2 Å². The predicted molar refractivity (Wildman–Crippen MR) is 105 cm³/mol. The van der Waals surface area contributed by atoms with Gasteiger partial charge in [-0.2, -0.15) is 0 Å². The summed E-state index contributed by atoms with van der Waals surface area (Å²) in [4.78, 5) is 16.3. The molecule has 2 saturated heterocycles. The van der Waals surface area contributed by atoms with Gasteiger partial charge in [0.25, 0.3) is 0 Å². The zero-order valence-corrected chi connectivity index (χ0v) is 16.8. The third kappa shape index (κ3) is 4.88. The fraction of sp³-hybridized carbons (Fsp3) is 0.667. The molecule has 2 aliphatic heterocycles. The highest BCUT2D eigenvalue weighted by molar-refractivity contribution is 6.31. The number of halogens is 1. The van der Waals surface area contributed by atoms with Crippen molar-refractivity contribution in [1.82, 2.24) is 9.80 Å². The lowest BCUT2D eigenvalue weighted by Crippen LogP contribution is -2.40. The van der Waals surface area contributed by atoms with Gasteiger partial charge < -0.3 is 14.4 Å². The van der Waals surface area contributed by atoms with Gasteiger partial charge in [-0.1, -0.05) is 11.6 Å². The first-order chi connectivity index (χ1) is 13.1. The average Bonchev–Trinajstić information content (AvgIpc) is 3.42. The smallest absolute Gasteiger partial charge is 0.410 e. The molecule has 6 heteroatoms. The molecule has 3 aliphatic rings. The van der Waals surface area contributed by atoms with Gasteiger partial charge in [0.15, 0.2) is 0 Å². The molecule has 1 unspecified atom stereocenters. The van der Waals surface area contributed by atoms with E-state index >= 15 is 0 Å². The van der Waals surface area contributed by atoms with Crippen LogP contribution >= 0.6 is 11.6 Å². The second kappa shape index (κ2) is 8.27. The third-order valence-electron chi connectivity index (χ3n) is 6.06. The van der Waals surface area contributed by atoms with Gasteiger partial charge in [-0.3, -0.25) is 4.90 Å². The largest absolute Gasteiger partial charge is 0.497 e. The number of ether oxygens (including phenoxy) is 2. The summed E-state index contributed by atoms with van der Waals surface area (Å²) >= 11 is 6.36. The normalized spacial score (nSPS) is 24.3. The molecule has 0 bridgehead atoms. The Labute approximate surface area is 166 Å². The van der Waals surface area contributed by atoms with Crippen molar-refractivity contribution in [3.8, 4) is 5.75 Å². The van der Waals surface area contributed by atoms with Crippen molar-refractivity contribution in [1.29, 1.82) is 0 Å². The van der Waals surface area contributed by atoms with Crippen LogP contribution in [0.15, 0.2) is 18.2 Å². The first kappa shape index (κ1) is 18.9. The first-order valence-corrected chi connectivity index (χ1v) is 10.5. The lowest BCUT2D eigenvalue weighted by Gasteiger charge is -2.33. The number of carbonyl (C=O) groups excluding carboxylic acids is 1. The molecule has 0 N–H and O–H groups in total. The van der Waals surface area contributed by atoms with Crippen LogP contribution in [0.5, 0.6) is 5.75 Å². The lowest BCUT2D eigenvalue weighted by atomic mass is 9.90. The van der Waals surface area contributed by atoms with Gasteiger partial charge in [0.2, 0.25) is 0 Å². The second-order valence-corrected chi connectivity index (χ2v) is 8.67. The molecule has 1 aliphatic carbocycles. The molecule has 4 rings (SSSR count). The summed E-state index contributed by atoms with van der Waals surface area (Å²) in [5, 5.41) is 0.826. The van der Waals surface area contributed by atoms with E-state index in [0.717, 1.165) is 68.7 Å².